The molecule has 1 aliphatic heterocycles. The molecule has 0 bridgehead atoms. The first kappa shape index (κ1) is 17.3. The van der Waals surface area contributed by atoms with Gasteiger partial charge in [-0.25, -0.2) is 0 Å². The molecule has 132 valence electrons. The van der Waals surface area contributed by atoms with Gasteiger partial charge in [0.2, 0.25) is 0 Å². The van der Waals surface area contributed by atoms with E-state index < -0.39 is 0 Å². The Labute approximate surface area is 149 Å². The molecule has 0 aliphatic carbocycles. The molecule has 1 N–H and O–H groups in total. The van der Waals surface area contributed by atoms with Gasteiger partial charge in [-0.05, 0) is 50.6 Å². The van der Waals surface area contributed by atoms with Gasteiger partial charge in [0.15, 0.2) is 0 Å². The molecule has 25 heavy (non-hydrogen) atoms. The number of aryl methyl sites for hydroxylation is 1. The van der Waals surface area contributed by atoms with Crippen molar-refractivity contribution in [3.8, 4) is 0 Å². The molecule has 2 heterocycles. The van der Waals surface area contributed by atoms with E-state index in [4.69, 9.17) is 0 Å². The van der Waals surface area contributed by atoms with Crippen LogP contribution in [-0.4, -0.2) is 48.0 Å². The number of carbonyl (C=O) groups excluding carboxylic acids is 1. The summed E-state index contributed by atoms with van der Waals surface area (Å²) in [7, 11) is 0. The maximum Gasteiger partial charge on any atom is 0.272 e. The van der Waals surface area contributed by atoms with Gasteiger partial charge < -0.3 is 15.1 Å². The molecule has 3 rings (SSSR count). The third-order valence-electron chi connectivity index (χ3n) is 4.37. The number of nitrogens with zero attached hydrogens (tertiary/aromatic N) is 3. The molecular formula is C20H26N4O. The van der Waals surface area contributed by atoms with Crippen LogP contribution in [0.5, 0.6) is 0 Å². The fraction of sp³-hybridized carbons (Fsp3) is 0.400. The number of benzene rings is 1. The van der Waals surface area contributed by atoms with Crippen LogP contribution in [0.25, 0.3) is 0 Å². The van der Waals surface area contributed by atoms with Crippen molar-refractivity contribution in [3.63, 3.8) is 0 Å². The van der Waals surface area contributed by atoms with Crippen molar-refractivity contribution in [2.75, 3.05) is 36.4 Å². The summed E-state index contributed by atoms with van der Waals surface area (Å²) in [5.41, 5.74) is 3.93. The summed E-state index contributed by atoms with van der Waals surface area (Å²) >= 11 is 0. The molecule has 1 aromatic heterocycles. The number of nitrogens with one attached hydrogen (secondary N) is 1. The maximum absolute atomic E-state index is 12.8. The van der Waals surface area contributed by atoms with Crippen molar-refractivity contribution in [3.05, 3.63) is 53.9 Å². The van der Waals surface area contributed by atoms with Crippen molar-refractivity contribution >= 4 is 17.3 Å². The lowest BCUT2D eigenvalue weighted by atomic mass is 10.2. The first-order chi connectivity index (χ1) is 12.0. The monoisotopic (exact) mass is 338 g/mol. The number of hydrogen-bond donors (Lipinski definition) is 1. The molecule has 0 spiro atoms. The number of hydrogen-bond acceptors (Lipinski definition) is 4. The molecule has 1 aromatic carbocycles. The molecule has 0 saturated carbocycles. The Balaban J connectivity index is 1.63. The van der Waals surface area contributed by atoms with E-state index in [0.29, 0.717) is 11.7 Å². The van der Waals surface area contributed by atoms with E-state index in [9.17, 15) is 4.79 Å². The summed E-state index contributed by atoms with van der Waals surface area (Å²) in [5, 5.41) is 3.32. The van der Waals surface area contributed by atoms with Gasteiger partial charge in [0, 0.05) is 49.8 Å². The van der Waals surface area contributed by atoms with Gasteiger partial charge in [0.1, 0.15) is 5.69 Å². The van der Waals surface area contributed by atoms with Crippen LogP contribution in [0.4, 0.5) is 11.4 Å². The minimum Gasteiger partial charge on any atom is -0.383 e. The minimum atomic E-state index is 0.0105. The highest BCUT2D eigenvalue weighted by Gasteiger charge is 2.23. The van der Waals surface area contributed by atoms with Crippen LogP contribution in [0.1, 0.15) is 29.9 Å². The molecular weight excluding hydrogens is 312 g/mol. The summed E-state index contributed by atoms with van der Waals surface area (Å²) in [6, 6.07) is 12.6. The molecule has 1 saturated heterocycles. The van der Waals surface area contributed by atoms with Crippen LogP contribution in [-0.2, 0) is 0 Å². The van der Waals surface area contributed by atoms with Gasteiger partial charge in [0.25, 0.3) is 5.91 Å². The zero-order valence-electron chi connectivity index (χ0n) is 15.2. The molecule has 0 radical (unpaired) electrons. The second kappa shape index (κ2) is 7.55. The summed E-state index contributed by atoms with van der Waals surface area (Å²) < 4.78 is 0. The lowest BCUT2D eigenvalue weighted by molar-refractivity contribution is 0.0741. The van der Waals surface area contributed by atoms with Gasteiger partial charge in [-0.1, -0.05) is 12.1 Å². The highest BCUT2D eigenvalue weighted by atomic mass is 16.2. The largest absolute Gasteiger partial charge is 0.383 e. The number of amides is 1. The van der Waals surface area contributed by atoms with Gasteiger partial charge >= 0.3 is 0 Å². The van der Waals surface area contributed by atoms with Crippen molar-refractivity contribution in [2.45, 2.75) is 26.8 Å². The first-order valence-electron chi connectivity index (χ1n) is 8.86. The fourth-order valence-electron chi connectivity index (χ4n) is 3.13. The first-order valence-corrected chi connectivity index (χ1v) is 8.86. The minimum absolute atomic E-state index is 0.0105. The lowest BCUT2D eigenvalue weighted by Crippen LogP contribution is -2.49. The summed E-state index contributed by atoms with van der Waals surface area (Å²) in [6.07, 6.45) is 1.70. The van der Waals surface area contributed by atoms with E-state index in [-0.39, 0.29) is 5.91 Å². The number of rotatable bonds is 4. The zero-order chi connectivity index (χ0) is 17.8. The molecule has 5 heteroatoms. The standard InChI is InChI=1S/C20H26N4O/c1-15(2)22-17-7-8-21-19(14-17)20(25)24-11-9-23(10-12-24)18-6-4-5-16(3)13-18/h4-8,13-15H,9-12H2,1-3H3,(H,21,22). The van der Waals surface area contributed by atoms with Crippen molar-refractivity contribution in [1.29, 1.82) is 0 Å². The lowest BCUT2D eigenvalue weighted by Gasteiger charge is -2.36. The van der Waals surface area contributed by atoms with Crippen LogP contribution < -0.4 is 10.2 Å². The molecule has 1 aliphatic rings. The topological polar surface area (TPSA) is 48.5 Å². The molecule has 1 fully saturated rings. The van der Waals surface area contributed by atoms with Crippen LogP contribution in [0, 0.1) is 6.92 Å². The smallest absolute Gasteiger partial charge is 0.272 e. The summed E-state index contributed by atoms with van der Waals surface area (Å²) in [5.74, 6) is 0.0105. The fourth-order valence-corrected chi connectivity index (χ4v) is 3.13. The third kappa shape index (κ3) is 4.29. The Hall–Kier alpha value is -2.56. The summed E-state index contributed by atoms with van der Waals surface area (Å²) in [4.78, 5) is 21.2. The number of aromatic nitrogens is 1. The van der Waals surface area contributed by atoms with Gasteiger partial charge in [-0.3, -0.25) is 9.78 Å². The van der Waals surface area contributed by atoms with Crippen molar-refractivity contribution < 1.29 is 4.79 Å². The number of anilines is 2. The predicted octanol–water partition coefficient (Wildman–Crippen LogP) is 3.17. The highest BCUT2D eigenvalue weighted by Crippen LogP contribution is 2.19. The van der Waals surface area contributed by atoms with Gasteiger partial charge in [-0.15, -0.1) is 0 Å². The normalized spacial score (nSPS) is 14.7. The Morgan fingerprint density at radius 3 is 2.56 bits per heavy atom. The van der Waals surface area contributed by atoms with Crippen LogP contribution in [0.3, 0.4) is 0 Å². The number of piperazine rings is 1. The second-order valence-corrected chi connectivity index (χ2v) is 6.85. The maximum atomic E-state index is 12.8. The number of pyridine rings is 1. The van der Waals surface area contributed by atoms with Gasteiger partial charge in [0.05, 0.1) is 0 Å². The molecule has 1 amide bonds. The van der Waals surface area contributed by atoms with E-state index in [1.807, 2.05) is 17.0 Å². The average molecular weight is 338 g/mol. The summed E-state index contributed by atoms with van der Waals surface area (Å²) in [6.45, 7) is 9.39. The average Bonchev–Trinajstić information content (AvgIpc) is 2.61. The Morgan fingerprint density at radius 2 is 1.88 bits per heavy atom. The molecule has 0 unspecified atom stereocenters. The Morgan fingerprint density at radius 1 is 1.12 bits per heavy atom. The van der Waals surface area contributed by atoms with Crippen LogP contribution >= 0.6 is 0 Å². The van der Waals surface area contributed by atoms with E-state index in [1.54, 1.807) is 6.20 Å². The van der Waals surface area contributed by atoms with Crippen molar-refractivity contribution in [2.24, 2.45) is 0 Å². The van der Waals surface area contributed by atoms with E-state index in [1.165, 1.54) is 11.3 Å². The van der Waals surface area contributed by atoms with Crippen LogP contribution in [0.15, 0.2) is 42.6 Å². The Bertz CT molecular complexity index is 736. The van der Waals surface area contributed by atoms with E-state index >= 15 is 0 Å². The quantitative estimate of drug-likeness (QED) is 0.930. The van der Waals surface area contributed by atoms with Crippen molar-refractivity contribution in [1.82, 2.24) is 9.88 Å². The van der Waals surface area contributed by atoms with E-state index in [2.05, 4.69) is 60.2 Å². The number of carbonyl (C=O) groups is 1. The van der Waals surface area contributed by atoms with Gasteiger partial charge in [-0.2, -0.15) is 0 Å². The predicted molar refractivity (Wildman–Crippen MR) is 102 cm³/mol. The van der Waals surface area contributed by atoms with Crippen LogP contribution in [0.2, 0.25) is 0 Å². The molecule has 5 nitrogen and oxygen atoms in total. The zero-order valence-corrected chi connectivity index (χ0v) is 15.2. The molecule has 2 aromatic rings. The highest BCUT2D eigenvalue weighted by molar-refractivity contribution is 5.93. The Kier molecular flexibility index (Phi) is 5.22. The van der Waals surface area contributed by atoms with E-state index in [0.717, 1.165) is 31.9 Å². The molecule has 0 atom stereocenters. The SMILES string of the molecule is Cc1cccc(N2CCN(C(=O)c3cc(NC(C)C)ccn3)CC2)c1. The second-order valence-electron chi connectivity index (χ2n) is 6.85. The third-order valence-corrected chi connectivity index (χ3v) is 4.37.